The van der Waals surface area contributed by atoms with Crippen LogP contribution in [0.2, 0.25) is 10.0 Å². The van der Waals surface area contributed by atoms with E-state index >= 15 is 0 Å². The molecule has 0 amide bonds. The summed E-state index contributed by atoms with van der Waals surface area (Å²) in [5, 5.41) is 4.29. The van der Waals surface area contributed by atoms with Crippen LogP contribution >= 0.6 is 35.8 Å². The number of carbonyl (C=O) groups excluding carboxylic acids is 1. The summed E-state index contributed by atoms with van der Waals surface area (Å²) >= 11 is 17.2. The Morgan fingerprint density at radius 1 is 1.14 bits per heavy atom. The quantitative estimate of drug-likeness (QED) is 0.423. The summed E-state index contributed by atoms with van der Waals surface area (Å²) in [4.78, 5) is 14.7. The minimum absolute atomic E-state index is 0.119. The SMILES string of the molecule is CC1(S)CCN(CCOC(=O)Cc2ccccc2Nc2c(Cl)cccc2Cl)CC1. The lowest BCUT2D eigenvalue weighted by Gasteiger charge is -2.35. The Bertz CT molecular complexity index is 830. The first-order valence-corrected chi connectivity index (χ1v) is 10.9. The third-order valence-electron chi connectivity index (χ3n) is 5.18. The van der Waals surface area contributed by atoms with E-state index in [0.717, 1.165) is 43.7 Å². The van der Waals surface area contributed by atoms with E-state index < -0.39 is 0 Å². The topological polar surface area (TPSA) is 41.6 Å². The first-order chi connectivity index (χ1) is 13.8. The predicted octanol–water partition coefficient (Wildman–Crippen LogP) is 5.61. The first-order valence-electron chi connectivity index (χ1n) is 9.73. The van der Waals surface area contributed by atoms with Gasteiger partial charge in [-0.05, 0) is 49.7 Å². The highest BCUT2D eigenvalue weighted by atomic mass is 35.5. The zero-order valence-electron chi connectivity index (χ0n) is 16.5. The van der Waals surface area contributed by atoms with E-state index in [1.165, 1.54) is 0 Å². The van der Waals surface area contributed by atoms with Gasteiger partial charge in [0.2, 0.25) is 0 Å². The summed E-state index contributed by atoms with van der Waals surface area (Å²) in [6, 6.07) is 12.9. The van der Waals surface area contributed by atoms with E-state index in [-0.39, 0.29) is 17.1 Å². The van der Waals surface area contributed by atoms with Crippen molar-refractivity contribution in [3.05, 3.63) is 58.1 Å². The van der Waals surface area contributed by atoms with E-state index in [9.17, 15) is 4.79 Å². The molecule has 0 aliphatic carbocycles. The van der Waals surface area contributed by atoms with E-state index in [2.05, 4.69) is 29.8 Å². The molecule has 2 aromatic rings. The van der Waals surface area contributed by atoms with Gasteiger partial charge in [0.25, 0.3) is 0 Å². The maximum atomic E-state index is 12.4. The van der Waals surface area contributed by atoms with Crippen molar-refractivity contribution in [2.75, 3.05) is 31.6 Å². The van der Waals surface area contributed by atoms with Crippen LogP contribution in [0.25, 0.3) is 0 Å². The minimum Gasteiger partial charge on any atom is -0.464 e. The zero-order chi connectivity index (χ0) is 20.9. The second-order valence-corrected chi connectivity index (χ2v) is 9.51. The smallest absolute Gasteiger partial charge is 0.310 e. The van der Waals surface area contributed by atoms with Gasteiger partial charge < -0.3 is 10.1 Å². The van der Waals surface area contributed by atoms with Crippen molar-refractivity contribution in [3.8, 4) is 0 Å². The van der Waals surface area contributed by atoms with Crippen molar-refractivity contribution in [1.29, 1.82) is 0 Å². The van der Waals surface area contributed by atoms with Gasteiger partial charge in [-0.2, -0.15) is 12.6 Å². The third-order valence-corrected chi connectivity index (χ3v) is 6.26. The molecular weight excluding hydrogens is 427 g/mol. The maximum Gasteiger partial charge on any atom is 0.310 e. The highest BCUT2D eigenvalue weighted by Gasteiger charge is 2.26. The molecule has 29 heavy (non-hydrogen) atoms. The summed E-state index contributed by atoms with van der Waals surface area (Å²) in [7, 11) is 0. The highest BCUT2D eigenvalue weighted by Crippen LogP contribution is 2.33. The Balaban J connectivity index is 1.53. The average Bonchev–Trinajstić information content (AvgIpc) is 2.67. The summed E-state index contributed by atoms with van der Waals surface area (Å²) in [5.41, 5.74) is 2.23. The largest absolute Gasteiger partial charge is 0.464 e. The Morgan fingerprint density at radius 2 is 1.79 bits per heavy atom. The fraction of sp³-hybridized carbons (Fsp3) is 0.409. The molecule has 0 unspecified atom stereocenters. The Hall–Kier alpha value is -1.40. The molecule has 1 N–H and O–H groups in total. The molecule has 7 heteroatoms. The second kappa shape index (κ2) is 10.1. The van der Waals surface area contributed by atoms with Crippen molar-refractivity contribution in [3.63, 3.8) is 0 Å². The van der Waals surface area contributed by atoms with Gasteiger partial charge in [-0.25, -0.2) is 0 Å². The number of carbonyl (C=O) groups is 1. The molecule has 1 heterocycles. The molecule has 0 saturated carbocycles. The summed E-state index contributed by atoms with van der Waals surface area (Å²) in [6.45, 7) is 5.30. The number of esters is 1. The predicted molar refractivity (Wildman–Crippen MR) is 124 cm³/mol. The van der Waals surface area contributed by atoms with Crippen LogP contribution in [0.1, 0.15) is 25.3 Å². The van der Waals surface area contributed by atoms with Gasteiger partial charge in [0, 0.05) is 17.0 Å². The second-order valence-electron chi connectivity index (χ2n) is 7.61. The number of hydrogen-bond acceptors (Lipinski definition) is 5. The van der Waals surface area contributed by atoms with Gasteiger partial charge >= 0.3 is 5.97 Å². The molecule has 0 spiro atoms. The van der Waals surface area contributed by atoms with Crippen molar-refractivity contribution in [2.45, 2.75) is 30.9 Å². The summed E-state index contributed by atoms with van der Waals surface area (Å²) in [5.74, 6) is -0.249. The van der Waals surface area contributed by atoms with Crippen LogP contribution in [0.15, 0.2) is 42.5 Å². The van der Waals surface area contributed by atoms with Gasteiger partial charge in [-0.3, -0.25) is 9.69 Å². The number of benzene rings is 2. The van der Waals surface area contributed by atoms with Crippen LogP contribution in [0.3, 0.4) is 0 Å². The Morgan fingerprint density at radius 3 is 2.48 bits per heavy atom. The number of likely N-dealkylation sites (tertiary alicyclic amines) is 1. The van der Waals surface area contributed by atoms with Crippen molar-refractivity contribution in [2.24, 2.45) is 0 Å². The van der Waals surface area contributed by atoms with E-state index in [1.54, 1.807) is 18.2 Å². The van der Waals surface area contributed by atoms with Gasteiger partial charge in [-0.15, -0.1) is 0 Å². The lowest BCUT2D eigenvalue weighted by molar-refractivity contribution is -0.143. The van der Waals surface area contributed by atoms with Crippen LogP contribution in [0, 0.1) is 0 Å². The number of hydrogen-bond donors (Lipinski definition) is 2. The number of anilines is 2. The third kappa shape index (κ3) is 6.54. The molecule has 1 aliphatic rings. The standard InChI is InChI=1S/C22H26Cl2N2O2S/c1-22(29)9-11-26(12-10-22)13-14-28-20(27)15-16-5-2-3-8-19(16)25-21-17(23)6-4-7-18(21)24/h2-8,25,29H,9-15H2,1H3. The fourth-order valence-corrected chi connectivity index (χ4v) is 3.99. The van der Waals surface area contributed by atoms with Crippen LogP contribution in [0.5, 0.6) is 0 Å². The lowest BCUT2D eigenvalue weighted by Crippen LogP contribution is -2.41. The number of thiol groups is 1. The number of nitrogens with zero attached hydrogens (tertiary/aromatic N) is 1. The number of para-hydroxylation sites is 2. The van der Waals surface area contributed by atoms with Gasteiger partial charge in [0.15, 0.2) is 0 Å². The Labute approximate surface area is 187 Å². The van der Waals surface area contributed by atoms with Gasteiger partial charge in [0.1, 0.15) is 6.61 Å². The highest BCUT2D eigenvalue weighted by molar-refractivity contribution is 7.81. The van der Waals surface area contributed by atoms with Crippen molar-refractivity contribution in [1.82, 2.24) is 4.90 Å². The lowest BCUT2D eigenvalue weighted by atomic mass is 9.98. The molecule has 1 aliphatic heterocycles. The maximum absolute atomic E-state index is 12.4. The molecule has 0 atom stereocenters. The van der Waals surface area contributed by atoms with E-state index in [4.69, 9.17) is 27.9 Å². The van der Waals surface area contributed by atoms with Gasteiger partial charge in [0.05, 0.1) is 22.2 Å². The van der Waals surface area contributed by atoms with Crippen LogP contribution in [0.4, 0.5) is 11.4 Å². The molecule has 3 rings (SSSR count). The van der Waals surface area contributed by atoms with Crippen LogP contribution in [-0.2, 0) is 16.0 Å². The molecule has 0 bridgehead atoms. The molecule has 0 aromatic heterocycles. The molecule has 2 aromatic carbocycles. The number of nitrogens with one attached hydrogen (secondary N) is 1. The average molecular weight is 453 g/mol. The number of rotatable bonds is 7. The zero-order valence-corrected chi connectivity index (χ0v) is 18.9. The molecule has 0 radical (unpaired) electrons. The summed E-state index contributed by atoms with van der Waals surface area (Å²) < 4.78 is 5.59. The number of piperidine rings is 1. The van der Waals surface area contributed by atoms with Gasteiger partial charge in [-0.1, -0.05) is 54.4 Å². The monoisotopic (exact) mass is 452 g/mol. The number of ether oxygens (including phenoxy) is 1. The van der Waals surface area contributed by atoms with Crippen molar-refractivity contribution < 1.29 is 9.53 Å². The molecule has 1 saturated heterocycles. The minimum atomic E-state index is -0.249. The fourth-order valence-electron chi connectivity index (χ4n) is 3.30. The van der Waals surface area contributed by atoms with Crippen LogP contribution < -0.4 is 5.32 Å². The number of halogens is 2. The molecule has 4 nitrogen and oxygen atoms in total. The Kier molecular flexibility index (Phi) is 7.74. The normalized spacial score (nSPS) is 16.4. The van der Waals surface area contributed by atoms with E-state index in [1.807, 2.05) is 24.3 Å². The molecular formula is C22H26Cl2N2O2S. The first kappa shape index (κ1) is 22.3. The molecule has 156 valence electrons. The molecule has 1 fully saturated rings. The van der Waals surface area contributed by atoms with Crippen molar-refractivity contribution >= 4 is 53.2 Å². The van der Waals surface area contributed by atoms with E-state index in [0.29, 0.717) is 22.3 Å². The summed E-state index contributed by atoms with van der Waals surface area (Å²) in [6.07, 6.45) is 2.28. The van der Waals surface area contributed by atoms with Crippen LogP contribution in [-0.4, -0.2) is 41.9 Å².